The van der Waals surface area contributed by atoms with Crippen LogP contribution in [-0.2, 0) is 9.84 Å². The van der Waals surface area contributed by atoms with Crippen molar-refractivity contribution in [1.82, 2.24) is 24.6 Å². The maximum Gasteiger partial charge on any atom is 0.159 e. The molecule has 29 heavy (non-hydrogen) atoms. The molecule has 2 aliphatic heterocycles. The number of hydrogen-bond donors (Lipinski definition) is 0. The Morgan fingerprint density at radius 1 is 0.966 bits per heavy atom. The molecule has 0 saturated carbocycles. The normalized spacial score (nSPS) is 20.9. The van der Waals surface area contributed by atoms with Crippen LogP contribution in [0.2, 0.25) is 0 Å². The molecule has 0 unspecified atom stereocenters. The van der Waals surface area contributed by atoms with Crippen LogP contribution < -0.4 is 4.90 Å². The van der Waals surface area contributed by atoms with E-state index in [-0.39, 0.29) is 0 Å². The summed E-state index contributed by atoms with van der Waals surface area (Å²) in [5, 5.41) is 4.55. The van der Waals surface area contributed by atoms with Gasteiger partial charge in [-0.25, -0.2) is 23.1 Å². The lowest BCUT2D eigenvalue weighted by atomic mass is 10.0. The lowest BCUT2D eigenvalue weighted by Gasteiger charge is -2.37. The summed E-state index contributed by atoms with van der Waals surface area (Å²) in [6.45, 7) is 10.7. The van der Waals surface area contributed by atoms with Crippen LogP contribution in [0, 0.1) is 26.7 Å². The van der Waals surface area contributed by atoms with E-state index in [9.17, 15) is 8.42 Å². The first-order valence-corrected chi connectivity index (χ1v) is 12.2. The molecule has 0 amide bonds. The second-order valence-corrected chi connectivity index (χ2v) is 10.7. The van der Waals surface area contributed by atoms with Gasteiger partial charge < -0.3 is 4.90 Å². The topological polar surface area (TPSA) is 84.2 Å². The molecule has 0 atom stereocenters. The zero-order chi connectivity index (χ0) is 20.6. The predicted molar refractivity (Wildman–Crippen MR) is 113 cm³/mol. The van der Waals surface area contributed by atoms with Crippen LogP contribution >= 0.6 is 0 Å². The van der Waals surface area contributed by atoms with Gasteiger partial charge in [0, 0.05) is 44.5 Å². The van der Waals surface area contributed by atoms with Crippen molar-refractivity contribution in [3.8, 4) is 5.82 Å². The smallest absolute Gasteiger partial charge is 0.159 e. The third kappa shape index (κ3) is 4.78. The zero-order valence-electron chi connectivity index (χ0n) is 17.5. The Hall–Kier alpha value is -2.00. The summed E-state index contributed by atoms with van der Waals surface area (Å²) in [6, 6.07) is 4.07. The summed E-state index contributed by atoms with van der Waals surface area (Å²) in [5.41, 5.74) is 2.04. The van der Waals surface area contributed by atoms with E-state index in [1.165, 1.54) is 0 Å². The summed E-state index contributed by atoms with van der Waals surface area (Å²) in [4.78, 5) is 14.0. The van der Waals surface area contributed by atoms with Crippen molar-refractivity contribution in [1.29, 1.82) is 0 Å². The average molecular weight is 419 g/mol. The molecular weight excluding hydrogens is 388 g/mol. The first-order valence-electron chi connectivity index (χ1n) is 10.4. The van der Waals surface area contributed by atoms with E-state index in [1.54, 1.807) is 0 Å². The maximum atomic E-state index is 11.6. The molecule has 0 N–H and O–H groups in total. The monoisotopic (exact) mass is 418 g/mol. The number of aromatic nitrogens is 4. The molecule has 0 bridgehead atoms. The highest BCUT2D eigenvalue weighted by Crippen LogP contribution is 2.22. The molecule has 2 aliphatic rings. The average Bonchev–Trinajstić information content (AvgIpc) is 3.02. The first kappa shape index (κ1) is 20.3. The molecule has 0 radical (unpaired) electrons. The molecule has 8 nitrogen and oxygen atoms in total. The van der Waals surface area contributed by atoms with Crippen LogP contribution in [0.1, 0.15) is 30.1 Å². The van der Waals surface area contributed by atoms with Gasteiger partial charge in [-0.3, -0.25) is 4.90 Å². The van der Waals surface area contributed by atoms with Crippen LogP contribution in [0.5, 0.6) is 0 Å². The van der Waals surface area contributed by atoms with Crippen molar-refractivity contribution in [2.45, 2.75) is 33.6 Å². The van der Waals surface area contributed by atoms with Gasteiger partial charge in [-0.2, -0.15) is 5.10 Å². The summed E-state index contributed by atoms with van der Waals surface area (Å²) in [5.74, 6) is 3.71. The Labute approximate surface area is 172 Å². The van der Waals surface area contributed by atoms with Gasteiger partial charge in [0.25, 0.3) is 0 Å². The van der Waals surface area contributed by atoms with E-state index in [1.807, 2.05) is 37.6 Å². The minimum atomic E-state index is -2.78. The summed E-state index contributed by atoms with van der Waals surface area (Å²) < 4.78 is 25.1. The lowest BCUT2D eigenvalue weighted by Crippen LogP contribution is -2.48. The number of hydrogen-bond acceptors (Lipinski definition) is 7. The van der Waals surface area contributed by atoms with Gasteiger partial charge in [-0.15, -0.1) is 0 Å². The SMILES string of the molecule is Cc1cc(C)n(-c2cc(N3CCN(CC4CCS(=O)(=O)CC4)CC3)nc(C)n2)n1. The second-order valence-electron chi connectivity index (χ2n) is 8.35. The van der Waals surface area contributed by atoms with Crippen molar-refractivity contribution in [2.24, 2.45) is 5.92 Å². The quantitative estimate of drug-likeness (QED) is 0.744. The molecule has 0 aliphatic carbocycles. The van der Waals surface area contributed by atoms with Crippen LogP contribution in [0.25, 0.3) is 5.82 Å². The van der Waals surface area contributed by atoms with Crippen LogP contribution in [0.15, 0.2) is 12.1 Å². The van der Waals surface area contributed by atoms with E-state index in [0.29, 0.717) is 17.4 Å². The van der Waals surface area contributed by atoms with Gasteiger partial charge in [0.15, 0.2) is 5.82 Å². The Kier molecular flexibility index (Phi) is 5.61. The molecule has 2 aromatic heterocycles. The van der Waals surface area contributed by atoms with Crippen molar-refractivity contribution in [3.05, 3.63) is 29.3 Å². The van der Waals surface area contributed by atoms with Gasteiger partial charge in [0.1, 0.15) is 21.5 Å². The molecule has 0 aromatic carbocycles. The van der Waals surface area contributed by atoms with Crippen molar-refractivity contribution >= 4 is 15.7 Å². The van der Waals surface area contributed by atoms with E-state index in [4.69, 9.17) is 0 Å². The van der Waals surface area contributed by atoms with E-state index >= 15 is 0 Å². The number of nitrogens with zero attached hydrogens (tertiary/aromatic N) is 6. The number of piperazine rings is 1. The first-order chi connectivity index (χ1) is 13.8. The molecule has 2 saturated heterocycles. The van der Waals surface area contributed by atoms with Gasteiger partial charge in [0.2, 0.25) is 0 Å². The van der Waals surface area contributed by atoms with Crippen LogP contribution in [0.4, 0.5) is 5.82 Å². The van der Waals surface area contributed by atoms with Crippen LogP contribution in [-0.4, -0.2) is 77.3 Å². The third-order valence-electron chi connectivity index (χ3n) is 5.92. The molecule has 9 heteroatoms. The molecular formula is C20H30N6O2S. The second kappa shape index (κ2) is 8.02. The maximum absolute atomic E-state index is 11.6. The van der Waals surface area contributed by atoms with E-state index < -0.39 is 9.84 Å². The standard InChI is InChI=1S/C20H30N6O2S/c1-15-12-16(2)26(23-15)20-13-19(21-17(3)22-20)25-8-6-24(7-9-25)14-18-4-10-29(27,28)11-5-18/h12-13,18H,4-11,14H2,1-3H3. The molecule has 2 fully saturated rings. The van der Waals surface area contributed by atoms with Crippen molar-refractivity contribution in [2.75, 3.05) is 49.1 Å². The fourth-order valence-corrected chi connectivity index (χ4v) is 5.90. The molecule has 4 rings (SSSR count). The summed E-state index contributed by atoms with van der Waals surface area (Å²) in [7, 11) is -2.78. The minimum absolute atomic E-state index is 0.354. The van der Waals surface area contributed by atoms with E-state index in [2.05, 4.69) is 24.9 Å². The molecule has 4 heterocycles. The van der Waals surface area contributed by atoms with Crippen molar-refractivity contribution < 1.29 is 8.42 Å². The highest BCUT2D eigenvalue weighted by Gasteiger charge is 2.27. The fraction of sp³-hybridized carbons (Fsp3) is 0.650. The lowest BCUT2D eigenvalue weighted by molar-refractivity contribution is 0.210. The molecule has 0 spiro atoms. The number of sulfone groups is 1. The predicted octanol–water partition coefficient (Wildman–Crippen LogP) is 1.53. The number of rotatable bonds is 4. The number of aryl methyl sites for hydroxylation is 3. The zero-order valence-corrected chi connectivity index (χ0v) is 18.3. The Bertz CT molecular complexity index is 965. The summed E-state index contributed by atoms with van der Waals surface area (Å²) in [6.07, 6.45) is 1.61. The molecule has 158 valence electrons. The van der Waals surface area contributed by atoms with Gasteiger partial charge in [-0.1, -0.05) is 0 Å². The third-order valence-corrected chi connectivity index (χ3v) is 7.64. The summed E-state index contributed by atoms with van der Waals surface area (Å²) >= 11 is 0. The van der Waals surface area contributed by atoms with Crippen molar-refractivity contribution in [3.63, 3.8) is 0 Å². The van der Waals surface area contributed by atoms with Gasteiger partial charge in [-0.05, 0) is 45.6 Å². The largest absolute Gasteiger partial charge is 0.354 e. The van der Waals surface area contributed by atoms with Crippen LogP contribution in [0.3, 0.4) is 0 Å². The number of anilines is 1. The highest BCUT2D eigenvalue weighted by molar-refractivity contribution is 7.91. The Balaban J connectivity index is 1.39. The fourth-order valence-electron chi connectivity index (χ4n) is 4.31. The molecule has 2 aromatic rings. The Morgan fingerprint density at radius 2 is 1.62 bits per heavy atom. The van der Waals surface area contributed by atoms with Gasteiger partial charge >= 0.3 is 0 Å². The minimum Gasteiger partial charge on any atom is -0.354 e. The van der Waals surface area contributed by atoms with E-state index in [0.717, 1.165) is 74.4 Å². The highest BCUT2D eigenvalue weighted by atomic mass is 32.2. The van der Waals surface area contributed by atoms with Gasteiger partial charge in [0.05, 0.1) is 17.2 Å². The Morgan fingerprint density at radius 3 is 2.24 bits per heavy atom.